The van der Waals surface area contributed by atoms with Crippen LogP contribution in [0, 0.1) is 17.3 Å². The second kappa shape index (κ2) is 15.0. The second-order valence-corrected chi connectivity index (χ2v) is 15.7. The van der Waals surface area contributed by atoms with E-state index in [0.29, 0.717) is 22.2 Å². The van der Waals surface area contributed by atoms with Crippen LogP contribution in [0.25, 0.3) is 16.6 Å². The van der Waals surface area contributed by atoms with E-state index in [0.717, 1.165) is 21.5 Å². The number of carbonyl (C=O) groups is 2. The van der Waals surface area contributed by atoms with Gasteiger partial charge in [-0.1, -0.05) is 68.6 Å². The number of nitrogens with two attached hydrogens (primary N) is 1. The topological polar surface area (TPSA) is 141 Å². The second-order valence-electron chi connectivity index (χ2n) is 15.3. The number of alkyl carbamates (subject to hydrolysis) is 1. The third kappa shape index (κ3) is 7.91. The van der Waals surface area contributed by atoms with E-state index in [1.54, 1.807) is 24.3 Å². The van der Waals surface area contributed by atoms with Gasteiger partial charge in [0.25, 0.3) is 12.3 Å². The summed E-state index contributed by atoms with van der Waals surface area (Å²) < 4.78 is 75.2. The van der Waals surface area contributed by atoms with Gasteiger partial charge in [0, 0.05) is 10.9 Å². The Hall–Kier alpha value is -6.08. The fourth-order valence-electron chi connectivity index (χ4n) is 6.98. The van der Waals surface area contributed by atoms with Crippen LogP contribution in [0.3, 0.4) is 0 Å². The highest BCUT2D eigenvalue weighted by Gasteiger charge is 2.64. The molecule has 58 heavy (non-hydrogen) atoms. The number of hydrogen-bond donors (Lipinski definition) is 2. The molecule has 1 aliphatic heterocycles. The van der Waals surface area contributed by atoms with Crippen LogP contribution in [0.5, 0.6) is 0 Å². The average Bonchev–Trinajstić information content (AvgIpc) is 3.72. The first-order chi connectivity index (χ1) is 27.4. The standard InChI is InChI=1S/C41H36ClF5N8O3/c1-38(2,3)22-40(27-12-16-30-25(19-27)10-14-28(51-30)13-9-24-7-5-4-6-8-24)35(56)54(36(48)52-40)32(21-58-37(57)53-39(17-18-39)41(45,46)47)26-11-15-29(42)31(20-26)55-34(33(43)44)49-23-50-55/h4-8,10-12,14-16,19-20,23,32-33H,17-18,21-22H2,1-3H3,(H2,48,52)(H,53,57)/t32?,40-/m1/s1. The molecule has 3 aromatic carbocycles. The number of guanidine groups is 1. The molecule has 1 fully saturated rings. The lowest BCUT2D eigenvalue weighted by Crippen LogP contribution is -2.50. The summed E-state index contributed by atoms with van der Waals surface area (Å²) in [7, 11) is 0. The molecule has 300 valence electrons. The van der Waals surface area contributed by atoms with Crippen LogP contribution in [0.15, 0.2) is 90.2 Å². The van der Waals surface area contributed by atoms with Crippen molar-refractivity contribution in [3.8, 4) is 17.5 Å². The van der Waals surface area contributed by atoms with Crippen molar-refractivity contribution in [3.05, 3.63) is 118 Å². The molecule has 3 heterocycles. The minimum Gasteiger partial charge on any atom is -0.447 e. The molecule has 0 spiro atoms. The first-order valence-corrected chi connectivity index (χ1v) is 18.4. The Kier molecular flexibility index (Phi) is 10.4. The number of benzene rings is 3. The molecule has 3 N–H and O–H groups in total. The minimum absolute atomic E-state index is 0.0233. The van der Waals surface area contributed by atoms with Crippen molar-refractivity contribution in [2.75, 3.05) is 6.61 Å². The van der Waals surface area contributed by atoms with E-state index in [9.17, 15) is 26.7 Å². The number of pyridine rings is 1. The largest absolute Gasteiger partial charge is 0.447 e. The fourth-order valence-corrected chi connectivity index (χ4v) is 7.18. The monoisotopic (exact) mass is 818 g/mol. The van der Waals surface area contributed by atoms with Crippen LogP contribution >= 0.6 is 11.6 Å². The number of fused-ring (bicyclic) bond motifs is 1. The first kappa shape index (κ1) is 40.1. The molecule has 2 aliphatic rings. The lowest BCUT2D eigenvalue weighted by atomic mass is 9.75. The van der Waals surface area contributed by atoms with Crippen LogP contribution in [-0.2, 0) is 15.1 Å². The maximum atomic E-state index is 15.1. The number of halogens is 6. The van der Waals surface area contributed by atoms with Crippen molar-refractivity contribution in [2.24, 2.45) is 16.1 Å². The molecule has 1 saturated carbocycles. The van der Waals surface area contributed by atoms with Crippen LogP contribution < -0.4 is 11.1 Å². The molecule has 0 radical (unpaired) electrons. The Morgan fingerprint density at radius 1 is 1.02 bits per heavy atom. The van der Waals surface area contributed by atoms with Gasteiger partial charge >= 0.3 is 12.3 Å². The number of carbonyl (C=O) groups excluding carboxylic acids is 2. The molecule has 7 rings (SSSR count). The molecule has 0 saturated heterocycles. The number of ether oxygens (including phenoxy) is 1. The van der Waals surface area contributed by atoms with Crippen LogP contribution in [0.4, 0.5) is 26.7 Å². The quantitative estimate of drug-likeness (QED) is 0.113. The predicted molar refractivity (Wildman–Crippen MR) is 205 cm³/mol. The van der Waals surface area contributed by atoms with Crippen molar-refractivity contribution in [3.63, 3.8) is 0 Å². The van der Waals surface area contributed by atoms with Gasteiger partial charge in [-0.2, -0.15) is 18.3 Å². The number of nitrogens with zero attached hydrogens (tertiary/aromatic N) is 6. The maximum absolute atomic E-state index is 15.1. The van der Waals surface area contributed by atoms with E-state index >= 15 is 4.79 Å². The average molecular weight is 819 g/mol. The maximum Gasteiger partial charge on any atom is 0.411 e. The molecule has 2 atom stereocenters. The number of rotatable bonds is 9. The van der Waals surface area contributed by atoms with Crippen molar-refractivity contribution >= 4 is 40.5 Å². The molecule has 5 aromatic rings. The van der Waals surface area contributed by atoms with Crippen LogP contribution in [-0.4, -0.2) is 60.9 Å². The predicted octanol–water partition coefficient (Wildman–Crippen LogP) is 8.16. The SMILES string of the molecule is CC(C)(C)C[C@]1(c2ccc3nc(C#Cc4ccccc4)ccc3c2)N=C(N)N(C(COC(=O)NC2(C(F)(F)F)CC2)c2ccc(Cl)c(-n3ncnc3C(F)F)c2)C1=O. The summed E-state index contributed by atoms with van der Waals surface area (Å²) in [6, 6.07) is 21.1. The number of amides is 2. The van der Waals surface area contributed by atoms with Gasteiger partial charge in [0.05, 0.1) is 22.3 Å². The van der Waals surface area contributed by atoms with Gasteiger partial charge < -0.3 is 15.8 Å². The highest BCUT2D eigenvalue weighted by Crippen LogP contribution is 2.49. The van der Waals surface area contributed by atoms with Gasteiger partial charge in [-0.15, -0.1) is 0 Å². The molecule has 2 aromatic heterocycles. The van der Waals surface area contributed by atoms with Crippen molar-refractivity contribution in [1.29, 1.82) is 0 Å². The van der Waals surface area contributed by atoms with Crippen molar-refractivity contribution in [2.45, 2.75) is 69.8 Å². The highest BCUT2D eigenvalue weighted by atomic mass is 35.5. The minimum atomic E-state index is -4.72. The molecular formula is C41H36ClF5N8O3. The Bertz CT molecular complexity index is 2490. The molecule has 1 unspecified atom stereocenters. The van der Waals surface area contributed by atoms with E-state index in [1.807, 2.05) is 62.5 Å². The zero-order valence-corrected chi connectivity index (χ0v) is 32.1. The Morgan fingerprint density at radius 2 is 1.76 bits per heavy atom. The van der Waals surface area contributed by atoms with Crippen LogP contribution in [0.2, 0.25) is 5.02 Å². The lowest BCUT2D eigenvalue weighted by Gasteiger charge is -2.35. The van der Waals surface area contributed by atoms with Gasteiger partial charge in [-0.25, -0.2) is 33.2 Å². The number of aliphatic imine (C=N–C) groups is 1. The summed E-state index contributed by atoms with van der Waals surface area (Å²) in [5.41, 5.74) is 4.54. The summed E-state index contributed by atoms with van der Waals surface area (Å²) in [5.74, 6) is 4.51. The van der Waals surface area contributed by atoms with Gasteiger partial charge in [0.2, 0.25) is 0 Å². The van der Waals surface area contributed by atoms with E-state index in [2.05, 4.69) is 26.9 Å². The Balaban J connectivity index is 1.28. The summed E-state index contributed by atoms with van der Waals surface area (Å²) in [5, 5.41) is 6.46. The van der Waals surface area contributed by atoms with E-state index in [1.165, 1.54) is 18.2 Å². The third-order valence-corrected chi connectivity index (χ3v) is 10.2. The van der Waals surface area contributed by atoms with E-state index < -0.39 is 59.6 Å². The van der Waals surface area contributed by atoms with Crippen molar-refractivity contribution in [1.82, 2.24) is 30.0 Å². The van der Waals surface area contributed by atoms with Gasteiger partial charge in [-0.3, -0.25) is 9.69 Å². The number of alkyl halides is 5. The number of aromatic nitrogens is 4. The lowest BCUT2D eigenvalue weighted by molar-refractivity contribution is -0.164. The molecule has 2 amide bonds. The van der Waals surface area contributed by atoms with Gasteiger partial charge in [0.15, 0.2) is 17.3 Å². The first-order valence-electron chi connectivity index (χ1n) is 18.1. The van der Waals surface area contributed by atoms with Crippen LogP contribution in [0.1, 0.15) is 80.7 Å². The number of hydrogen-bond acceptors (Lipinski definition) is 8. The van der Waals surface area contributed by atoms with E-state index in [4.69, 9.17) is 27.1 Å². The zero-order chi connectivity index (χ0) is 41.6. The Morgan fingerprint density at radius 3 is 2.43 bits per heavy atom. The Labute approximate surface area is 334 Å². The van der Waals surface area contributed by atoms with Gasteiger partial charge in [0.1, 0.15) is 24.2 Å². The summed E-state index contributed by atoms with van der Waals surface area (Å²) in [6.45, 7) is 5.03. The van der Waals surface area contributed by atoms with Crippen molar-refractivity contribution < 1.29 is 36.3 Å². The smallest absolute Gasteiger partial charge is 0.411 e. The normalized spacial score (nSPS) is 18.1. The third-order valence-electron chi connectivity index (χ3n) is 9.86. The fraction of sp³-hybridized carbons (Fsp3) is 0.317. The molecule has 0 bridgehead atoms. The zero-order valence-electron chi connectivity index (χ0n) is 31.3. The molecule has 1 aliphatic carbocycles. The highest BCUT2D eigenvalue weighted by molar-refractivity contribution is 6.32. The van der Waals surface area contributed by atoms with E-state index in [-0.39, 0.29) is 41.5 Å². The summed E-state index contributed by atoms with van der Waals surface area (Å²) in [6.07, 6.45) is -8.76. The molecular weight excluding hydrogens is 783 g/mol. The molecule has 17 heteroatoms. The molecule has 11 nitrogen and oxygen atoms in total. The number of nitrogens with one attached hydrogen (secondary N) is 1. The summed E-state index contributed by atoms with van der Waals surface area (Å²) >= 11 is 6.46. The summed E-state index contributed by atoms with van der Waals surface area (Å²) in [4.78, 5) is 42.3. The van der Waals surface area contributed by atoms with Gasteiger partial charge in [-0.05, 0) is 90.3 Å².